The number of hydrogen-bond acceptors (Lipinski definition) is 3. The third-order valence-electron chi connectivity index (χ3n) is 2.27. The van der Waals surface area contributed by atoms with E-state index in [2.05, 4.69) is 5.32 Å². The van der Waals surface area contributed by atoms with E-state index in [1.54, 1.807) is 0 Å². The SMILES string of the molecule is O=C(O)CCC(O)NCCc1ccccc1. The summed E-state index contributed by atoms with van der Waals surface area (Å²) in [6, 6.07) is 9.93. The molecular weight excluding hydrogens is 206 g/mol. The molecule has 16 heavy (non-hydrogen) atoms. The number of hydrogen-bond donors (Lipinski definition) is 3. The number of benzene rings is 1. The molecule has 1 unspecified atom stereocenters. The third-order valence-corrected chi connectivity index (χ3v) is 2.27. The third kappa shape index (κ3) is 5.48. The van der Waals surface area contributed by atoms with Crippen LogP contribution in [0.25, 0.3) is 0 Å². The Bertz CT molecular complexity index is 313. The zero-order valence-corrected chi connectivity index (χ0v) is 9.10. The van der Waals surface area contributed by atoms with Gasteiger partial charge in [0, 0.05) is 13.0 Å². The van der Waals surface area contributed by atoms with Gasteiger partial charge in [-0.25, -0.2) is 0 Å². The maximum atomic E-state index is 10.3. The fraction of sp³-hybridized carbons (Fsp3) is 0.417. The minimum atomic E-state index is -0.885. The molecule has 0 spiro atoms. The van der Waals surface area contributed by atoms with Crippen molar-refractivity contribution in [2.75, 3.05) is 6.54 Å². The highest BCUT2D eigenvalue weighted by atomic mass is 16.4. The van der Waals surface area contributed by atoms with Crippen LogP contribution in [0.4, 0.5) is 0 Å². The summed E-state index contributed by atoms with van der Waals surface area (Å²) in [7, 11) is 0. The molecule has 0 saturated heterocycles. The number of aliphatic carboxylic acids is 1. The van der Waals surface area contributed by atoms with Crippen LogP contribution in [0, 0.1) is 0 Å². The fourth-order valence-electron chi connectivity index (χ4n) is 1.39. The number of nitrogens with one attached hydrogen (secondary N) is 1. The minimum absolute atomic E-state index is 0.0144. The summed E-state index contributed by atoms with van der Waals surface area (Å²) >= 11 is 0. The highest BCUT2D eigenvalue weighted by molar-refractivity contribution is 5.66. The van der Waals surface area contributed by atoms with Crippen molar-refractivity contribution in [1.29, 1.82) is 0 Å². The van der Waals surface area contributed by atoms with Crippen molar-refractivity contribution in [3.8, 4) is 0 Å². The van der Waals surface area contributed by atoms with E-state index in [4.69, 9.17) is 5.11 Å². The number of carboxylic acid groups (broad SMARTS) is 1. The van der Waals surface area contributed by atoms with Crippen LogP contribution in [0.5, 0.6) is 0 Å². The summed E-state index contributed by atoms with van der Waals surface area (Å²) in [5.41, 5.74) is 1.19. The predicted molar refractivity (Wildman–Crippen MR) is 61.0 cm³/mol. The molecule has 0 saturated carbocycles. The Balaban J connectivity index is 2.13. The number of carbonyl (C=O) groups is 1. The molecule has 0 heterocycles. The molecular formula is C12H17NO3. The van der Waals surface area contributed by atoms with Crippen LogP contribution in [0.2, 0.25) is 0 Å². The lowest BCUT2D eigenvalue weighted by atomic mass is 10.1. The topological polar surface area (TPSA) is 69.6 Å². The van der Waals surface area contributed by atoms with E-state index < -0.39 is 12.2 Å². The Morgan fingerprint density at radius 1 is 1.31 bits per heavy atom. The molecule has 4 heteroatoms. The Morgan fingerprint density at radius 2 is 2.00 bits per heavy atom. The molecule has 0 aliphatic heterocycles. The standard InChI is InChI=1S/C12H17NO3/c14-11(6-7-12(15)16)13-9-8-10-4-2-1-3-5-10/h1-5,11,13-14H,6-9H2,(H,15,16). The molecule has 4 nitrogen and oxygen atoms in total. The maximum Gasteiger partial charge on any atom is 0.303 e. The Labute approximate surface area is 94.9 Å². The van der Waals surface area contributed by atoms with E-state index >= 15 is 0 Å². The van der Waals surface area contributed by atoms with Gasteiger partial charge in [0.2, 0.25) is 0 Å². The van der Waals surface area contributed by atoms with Crippen molar-refractivity contribution in [3.05, 3.63) is 35.9 Å². The average Bonchev–Trinajstić information content (AvgIpc) is 2.28. The summed E-state index contributed by atoms with van der Waals surface area (Å²) in [4.78, 5) is 10.3. The van der Waals surface area contributed by atoms with Gasteiger partial charge < -0.3 is 10.2 Å². The Morgan fingerprint density at radius 3 is 2.62 bits per heavy atom. The van der Waals surface area contributed by atoms with Gasteiger partial charge in [0.05, 0.1) is 0 Å². The lowest BCUT2D eigenvalue weighted by molar-refractivity contribution is -0.137. The summed E-state index contributed by atoms with van der Waals surface area (Å²) in [5, 5.41) is 20.7. The van der Waals surface area contributed by atoms with E-state index in [1.165, 1.54) is 5.56 Å². The first-order valence-electron chi connectivity index (χ1n) is 5.35. The molecule has 88 valence electrons. The van der Waals surface area contributed by atoms with Crippen LogP contribution in [0.3, 0.4) is 0 Å². The van der Waals surface area contributed by atoms with Crippen LogP contribution < -0.4 is 5.32 Å². The number of aliphatic hydroxyl groups is 1. The fourth-order valence-corrected chi connectivity index (χ4v) is 1.39. The van der Waals surface area contributed by atoms with Crippen LogP contribution in [0.1, 0.15) is 18.4 Å². The van der Waals surface area contributed by atoms with Gasteiger partial charge in [-0.3, -0.25) is 10.1 Å². The van der Waals surface area contributed by atoms with Crippen LogP contribution in [-0.2, 0) is 11.2 Å². The zero-order valence-electron chi connectivity index (χ0n) is 9.10. The molecule has 0 aliphatic carbocycles. The summed E-state index contributed by atoms with van der Waals surface area (Å²) in [6.45, 7) is 0.644. The lowest BCUT2D eigenvalue weighted by Crippen LogP contribution is -2.31. The van der Waals surface area contributed by atoms with Crippen molar-refractivity contribution in [2.45, 2.75) is 25.5 Å². The van der Waals surface area contributed by atoms with Crippen molar-refractivity contribution >= 4 is 5.97 Å². The smallest absolute Gasteiger partial charge is 0.303 e. The molecule has 0 radical (unpaired) electrons. The van der Waals surface area contributed by atoms with E-state index in [-0.39, 0.29) is 12.8 Å². The van der Waals surface area contributed by atoms with Gasteiger partial charge in [0.1, 0.15) is 6.23 Å². The van der Waals surface area contributed by atoms with E-state index in [1.807, 2.05) is 30.3 Å². The van der Waals surface area contributed by atoms with Gasteiger partial charge in [-0.1, -0.05) is 30.3 Å². The molecule has 0 aromatic heterocycles. The molecule has 1 atom stereocenters. The Kier molecular flexibility index (Phi) is 5.53. The van der Waals surface area contributed by atoms with E-state index in [0.717, 1.165) is 6.42 Å². The highest BCUT2D eigenvalue weighted by Gasteiger charge is 2.05. The Hall–Kier alpha value is -1.39. The molecule has 3 N–H and O–H groups in total. The second-order valence-corrected chi connectivity index (χ2v) is 3.64. The lowest BCUT2D eigenvalue weighted by Gasteiger charge is -2.11. The van der Waals surface area contributed by atoms with Gasteiger partial charge in [-0.05, 0) is 18.4 Å². The van der Waals surface area contributed by atoms with E-state index in [9.17, 15) is 9.90 Å². The number of aliphatic hydroxyl groups excluding tert-OH is 1. The minimum Gasteiger partial charge on any atom is -0.481 e. The number of rotatable bonds is 7. The summed E-state index contributed by atoms with van der Waals surface area (Å²) in [6.07, 6.45) is 0.314. The van der Waals surface area contributed by atoms with Gasteiger partial charge >= 0.3 is 5.97 Å². The molecule has 0 bridgehead atoms. The second kappa shape index (κ2) is 6.98. The van der Waals surface area contributed by atoms with Crippen molar-refractivity contribution in [3.63, 3.8) is 0 Å². The van der Waals surface area contributed by atoms with Gasteiger partial charge in [-0.2, -0.15) is 0 Å². The van der Waals surface area contributed by atoms with Gasteiger partial charge in [-0.15, -0.1) is 0 Å². The van der Waals surface area contributed by atoms with Crippen LogP contribution in [0.15, 0.2) is 30.3 Å². The van der Waals surface area contributed by atoms with Crippen molar-refractivity contribution < 1.29 is 15.0 Å². The van der Waals surface area contributed by atoms with Gasteiger partial charge in [0.15, 0.2) is 0 Å². The average molecular weight is 223 g/mol. The first-order chi connectivity index (χ1) is 7.68. The van der Waals surface area contributed by atoms with Crippen molar-refractivity contribution in [2.24, 2.45) is 0 Å². The summed E-state index contributed by atoms with van der Waals surface area (Å²) < 4.78 is 0. The van der Waals surface area contributed by atoms with Crippen LogP contribution in [-0.4, -0.2) is 29.0 Å². The zero-order chi connectivity index (χ0) is 11.8. The van der Waals surface area contributed by atoms with Crippen LogP contribution >= 0.6 is 0 Å². The van der Waals surface area contributed by atoms with E-state index in [0.29, 0.717) is 6.54 Å². The first kappa shape index (κ1) is 12.7. The van der Waals surface area contributed by atoms with Crippen molar-refractivity contribution in [1.82, 2.24) is 5.32 Å². The molecule has 1 aromatic carbocycles. The molecule has 0 amide bonds. The normalized spacial score (nSPS) is 12.3. The highest BCUT2D eigenvalue weighted by Crippen LogP contribution is 1.99. The summed E-state index contributed by atoms with van der Waals surface area (Å²) in [5.74, 6) is -0.885. The molecule has 0 fully saturated rings. The van der Waals surface area contributed by atoms with Gasteiger partial charge in [0.25, 0.3) is 0 Å². The first-order valence-corrected chi connectivity index (χ1v) is 5.35. The predicted octanol–water partition coefficient (Wildman–Crippen LogP) is 1.00. The maximum absolute atomic E-state index is 10.3. The monoisotopic (exact) mass is 223 g/mol. The molecule has 1 aromatic rings. The second-order valence-electron chi connectivity index (χ2n) is 3.64. The molecule has 1 rings (SSSR count). The molecule has 0 aliphatic rings. The largest absolute Gasteiger partial charge is 0.481 e. The quantitative estimate of drug-likeness (QED) is 0.603. The number of carboxylic acids is 1.